The molecule has 1 fully saturated rings. The molecule has 0 aliphatic carbocycles. The Morgan fingerprint density at radius 3 is 2.74 bits per heavy atom. The Labute approximate surface area is 136 Å². The van der Waals surface area contributed by atoms with Crippen LogP contribution in [0.15, 0.2) is 41.8 Å². The molecule has 4 heterocycles. The van der Waals surface area contributed by atoms with E-state index in [4.69, 9.17) is 9.73 Å². The number of aromatic nitrogens is 2. The third-order valence-corrected chi connectivity index (χ3v) is 3.61. The highest BCUT2D eigenvalue weighted by Gasteiger charge is 2.24. The lowest BCUT2D eigenvalue weighted by atomic mass is 10.2. The van der Waals surface area contributed by atoms with Crippen molar-refractivity contribution in [1.82, 2.24) is 20.2 Å². The summed E-state index contributed by atoms with van der Waals surface area (Å²) in [5.74, 6) is 2.31. The first kappa shape index (κ1) is 15.4. The molecule has 1 saturated heterocycles. The summed E-state index contributed by atoms with van der Waals surface area (Å²) in [7, 11) is 0. The maximum Gasteiger partial charge on any atom is 0.159 e. The fraction of sp³-hybridized carbons (Fsp3) is 0.353. The van der Waals surface area contributed by atoms with E-state index >= 15 is 0 Å². The average molecular weight is 311 g/mol. The molecule has 0 spiro atoms. The lowest BCUT2D eigenvalue weighted by molar-refractivity contribution is 0.357. The number of aliphatic imine (C=N–C) groups is 1. The number of piperazine rings is 1. The van der Waals surface area contributed by atoms with E-state index in [1.807, 2.05) is 32.0 Å². The van der Waals surface area contributed by atoms with Crippen LogP contribution < -0.4 is 10.1 Å². The number of rotatable bonds is 0. The predicted octanol–water partition coefficient (Wildman–Crippen LogP) is 2.59. The standard InChI is InChI=1S/C15H15N5O.C2H6/c1-2-13-14(18-4-1)15(20-8-6-16-7-9-20)19-11-10-17-5-3-12(11)21-13;1-2/h1-5,10,16H,6-9H2;1-2H3. The van der Waals surface area contributed by atoms with Gasteiger partial charge in [0.2, 0.25) is 0 Å². The van der Waals surface area contributed by atoms with Crippen LogP contribution in [0.5, 0.6) is 11.5 Å². The van der Waals surface area contributed by atoms with Gasteiger partial charge in [-0.05, 0) is 12.1 Å². The summed E-state index contributed by atoms with van der Waals surface area (Å²) in [4.78, 5) is 15.6. The number of fused-ring (bicyclic) bond motifs is 2. The molecule has 4 rings (SSSR count). The van der Waals surface area contributed by atoms with E-state index in [1.165, 1.54) is 0 Å². The molecule has 6 nitrogen and oxygen atoms in total. The molecule has 0 bridgehead atoms. The minimum atomic E-state index is 0.712. The number of amidine groups is 1. The van der Waals surface area contributed by atoms with Crippen molar-refractivity contribution in [2.45, 2.75) is 13.8 Å². The summed E-state index contributed by atoms with van der Waals surface area (Å²) in [6, 6.07) is 5.63. The molecule has 1 N–H and O–H groups in total. The molecule has 0 aromatic carbocycles. The Balaban J connectivity index is 0.000000753. The summed E-state index contributed by atoms with van der Waals surface area (Å²) in [6.45, 7) is 7.71. The Kier molecular flexibility index (Phi) is 4.83. The van der Waals surface area contributed by atoms with Crippen LogP contribution in [0.3, 0.4) is 0 Å². The number of hydrogen-bond acceptors (Lipinski definition) is 6. The topological polar surface area (TPSA) is 62.6 Å². The van der Waals surface area contributed by atoms with Crippen LogP contribution in [0.4, 0.5) is 5.69 Å². The molecular weight excluding hydrogens is 290 g/mol. The molecule has 2 aliphatic rings. The highest BCUT2D eigenvalue weighted by Crippen LogP contribution is 2.36. The molecule has 2 aromatic heterocycles. The van der Waals surface area contributed by atoms with Crippen LogP contribution in [0.1, 0.15) is 19.5 Å². The van der Waals surface area contributed by atoms with Crippen molar-refractivity contribution >= 4 is 11.5 Å². The van der Waals surface area contributed by atoms with E-state index in [1.54, 1.807) is 18.6 Å². The van der Waals surface area contributed by atoms with Gasteiger partial charge in [0.15, 0.2) is 17.3 Å². The van der Waals surface area contributed by atoms with Gasteiger partial charge < -0.3 is 15.0 Å². The number of hydrogen-bond donors (Lipinski definition) is 1. The van der Waals surface area contributed by atoms with Crippen molar-refractivity contribution in [3.63, 3.8) is 0 Å². The monoisotopic (exact) mass is 311 g/mol. The first-order valence-corrected chi connectivity index (χ1v) is 8.03. The van der Waals surface area contributed by atoms with E-state index in [0.29, 0.717) is 5.75 Å². The quantitative estimate of drug-likeness (QED) is 0.810. The van der Waals surface area contributed by atoms with E-state index in [9.17, 15) is 0 Å². The van der Waals surface area contributed by atoms with Gasteiger partial charge in [-0.2, -0.15) is 0 Å². The number of nitrogens with one attached hydrogen (secondary N) is 1. The van der Waals surface area contributed by atoms with Crippen molar-refractivity contribution < 1.29 is 4.74 Å². The van der Waals surface area contributed by atoms with Crippen molar-refractivity contribution in [1.29, 1.82) is 0 Å². The van der Waals surface area contributed by atoms with Gasteiger partial charge in [0.1, 0.15) is 11.4 Å². The molecule has 6 heteroatoms. The van der Waals surface area contributed by atoms with Crippen LogP contribution in [0.25, 0.3) is 0 Å². The third-order valence-electron chi connectivity index (χ3n) is 3.61. The van der Waals surface area contributed by atoms with Crippen molar-refractivity contribution in [2.24, 2.45) is 4.99 Å². The lowest BCUT2D eigenvalue weighted by Gasteiger charge is -2.29. The maximum absolute atomic E-state index is 5.96. The molecule has 0 unspecified atom stereocenters. The molecule has 0 amide bonds. The van der Waals surface area contributed by atoms with Gasteiger partial charge in [-0.25, -0.2) is 9.98 Å². The van der Waals surface area contributed by atoms with Gasteiger partial charge in [0.05, 0.1) is 6.20 Å². The van der Waals surface area contributed by atoms with E-state index < -0.39 is 0 Å². The first-order valence-electron chi connectivity index (χ1n) is 8.03. The average Bonchev–Trinajstić information content (AvgIpc) is 2.81. The van der Waals surface area contributed by atoms with Gasteiger partial charge in [0, 0.05) is 44.6 Å². The Hall–Kier alpha value is -2.47. The maximum atomic E-state index is 5.96. The van der Waals surface area contributed by atoms with Gasteiger partial charge in [-0.3, -0.25) is 4.98 Å². The van der Waals surface area contributed by atoms with Crippen LogP contribution >= 0.6 is 0 Å². The summed E-state index contributed by atoms with van der Waals surface area (Å²) < 4.78 is 5.96. The van der Waals surface area contributed by atoms with E-state index in [-0.39, 0.29) is 0 Å². The summed E-state index contributed by atoms with van der Waals surface area (Å²) in [5, 5.41) is 3.35. The van der Waals surface area contributed by atoms with Crippen molar-refractivity contribution in [3.8, 4) is 11.5 Å². The molecule has 120 valence electrons. The highest BCUT2D eigenvalue weighted by molar-refractivity contribution is 6.02. The number of ether oxygens (including phenoxy) is 1. The summed E-state index contributed by atoms with van der Waals surface area (Å²) in [5.41, 5.74) is 1.53. The molecule has 2 aliphatic heterocycles. The smallest absolute Gasteiger partial charge is 0.159 e. The normalized spacial score (nSPS) is 15.9. The minimum absolute atomic E-state index is 0.712. The predicted molar refractivity (Wildman–Crippen MR) is 90.5 cm³/mol. The Morgan fingerprint density at radius 1 is 1.09 bits per heavy atom. The van der Waals surface area contributed by atoms with Crippen LogP contribution in [-0.4, -0.2) is 46.9 Å². The third kappa shape index (κ3) is 3.17. The molecular formula is C17H21N5O. The Bertz CT molecular complexity index is 695. The van der Waals surface area contributed by atoms with Crippen LogP contribution in [0, 0.1) is 0 Å². The number of pyridine rings is 2. The second-order valence-corrected chi connectivity index (χ2v) is 4.97. The van der Waals surface area contributed by atoms with Crippen LogP contribution in [0.2, 0.25) is 0 Å². The van der Waals surface area contributed by atoms with Crippen molar-refractivity contribution in [3.05, 3.63) is 42.5 Å². The van der Waals surface area contributed by atoms with Gasteiger partial charge in [-0.15, -0.1) is 0 Å². The van der Waals surface area contributed by atoms with Gasteiger partial charge in [-0.1, -0.05) is 13.8 Å². The zero-order valence-electron chi connectivity index (χ0n) is 13.5. The molecule has 0 saturated carbocycles. The van der Waals surface area contributed by atoms with Crippen molar-refractivity contribution in [2.75, 3.05) is 26.2 Å². The van der Waals surface area contributed by atoms with Gasteiger partial charge in [0.25, 0.3) is 0 Å². The highest BCUT2D eigenvalue weighted by atomic mass is 16.5. The molecule has 2 aromatic rings. The largest absolute Gasteiger partial charge is 0.453 e. The lowest BCUT2D eigenvalue weighted by Crippen LogP contribution is -2.46. The van der Waals surface area contributed by atoms with Gasteiger partial charge >= 0.3 is 0 Å². The van der Waals surface area contributed by atoms with E-state index in [0.717, 1.165) is 49.1 Å². The zero-order valence-corrected chi connectivity index (χ0v) is 13.5. The zero-order chi connectivity index (χ0) is 16.1. The van der Waals surface area contributed by atoms with Crippen LogP contribution in [-0.2, 0) is 0 Å². The summed E-state index contributed by atoms with van der Waals surface area (Å²) >= 11 is 0. The minimum Gasteiger partial charge on any atom is -0.453 e. The Morgan fingerprint density at radius 2 is 1.91 bits per heavy atom. The fourth-order valence-electron chi connectivity index (χ4n) is 2.57. The fourth-order valence-corrected chi connectivity index (χ4v) is 2.57. The molecule has 0 radical (unpaired) electrons. The molecule has 23 heavy (non-hydrogen) atoms. The number of nitrogens with zero attached hydrogens (tertiary/aromatic N) is 4. The second kappa shape index (κ2) is 7.19. The molecule has 0 atom stereocenters. The van der Waals surface area contributed by atoms with E-state index in [2.05, 4.69) is 20.2 Å². The first-order chi connectivity index (χ1) is 11.4. The summed E-state index contributed by atoms with van der Waals surface area (Å²) in [6.07, 6.45) is 5.21. The second-order valence-electron chi connectivity index (χ2n) is 4.97. The SMILES string of the molecule is CC.c1cnc2c(c1)Oc1ccncc1N=C2N1CCNCC1.